The van der Waals surface area contributed by atoms with Gasteiger partial charge in [-0.15, -0.1) is 0 Å². The van der Waals surface area contributed by atoms with Gasteiger partial charge in [-0.1, -0.05) is 42.5 Å². The summed E-state index contributed by atoms with van der Waals surface area (Å²) in [5.41, 5.74) is 1.90. The first-order valence-electron chi connectivity index (χ1n) is 8.73. The van der Waals surface area contributed by atoms with Gasteiger partial charge in [-0.25, -0.2) is 9.18 Å². The molecule has 0 unspecified atom stereocenters. The van der Waals surface area contributed by atoms with Crippen molar-refractivity contribution in [1.29, 1.82) is 0 Å². The van der Waals surface area contributed by atoms with Gasteiger partial charge in [0, 0.05) is 38.5 Å². The normalized spacial score (nSPS) is 14.8. The van der Waals surface area contributed by atoms with Crippen LogP contribution < -0.4 is 10.6 Å². The predicted molar refractivity (Wildman–Crippen MR) is 97.3 cm³/mol. The molecule has 136 valence electrons. The molecule has 0 spiro atoms. The smallest absolute Gasteiger partial charge is 0.317 e. The van der Waals surface area contributed by atoms with E-state index in [4.69, 9.17) is 0 Å². The number of hydrogen-bond donors (Lipinski definition) is 2. The highest BCUT2D eigenvalue weighted by Crippen LogP contribution is 2.28. The van der Waals surface area contributed by atoms with Gasteiger partial charge in [0.15, 0.2) is 0 Å². The molecule has 0 radical (unpaired) electrons. The van der Waals surface area contributed by atoms with E-state index in [-0.39, 0.29) is 30.1 Å². The predicted octanol–water partition coefficient (Wildman–Crippen LogP) is 2.49. The maximum Gasteiger partial charge on any atom is 0.317 e. The Labute approximate surface area is 152 Å². The molecule has 0 bridgehead atoms. The molecular formula is C20H22FN3O2. The number of rotatable bonds is 7. The lowest BCUT2D eigenvalue weighted by molar-refractivity contribution is -0.121. The van der Waals surface area contributed by atoms with Crippen LogP contribution in [0.1, 0.15) is 23.5 Å². The van der Waals surface area contributed by atoms with Gasteiger partial charge in [-0.3, -0.25) is 4.79 Å². The minimum Gasteiger partial charge on any atom is -0.354 e. The molecule has 1 aliphatic heterocycles. The van der Waals surface area contributed by atoms with Gasteiger partial charge >= 0.3 is 6.03 Å². The maximum atomic E-state index is 13.2. The summed E-state index contributed by atoms with van der Waals surface area (Å²) in [6.07, 6.45) is 0.266. The molecule has 0 aromatic heterocycles. The average Bonchev–Trinajstić information content (AvgIpc) is 3.06. The summed E-state index contributed by atoms with van der Waals surface area (Å²) in [7, 11) is 0. The van der Waals surface area contributed by atoms with E-state index >= 15 is 0 Å². The van der Waals surface area contributed by atoms with E-state index in [9.17, 15) is 14.0 Å². The van der Waals surface area contributed by atoms with Gasteiger partial charge < -0.3 is 15.5 Å². The van der Waals surface area contributed by atoms with E-state index in [1.54, 1.807) is 17.0 Å². The summed E-state index contributed by atoms with van der Waals surface area (Å²) in [5, 5.41) is 5.61. The SMILES string of the molecule is O=C(C[C@@H](c1ccccc1)c1ccc(F)cc1)NCCN1CCNC1=O. The van der Waals surface area contributed by atoms with Crippen LogP contribution in [0.3, 0.4) is 0 Å². The minimum atomic E-state index is -0.297. The topological polar surface area (TPSA) is 61.4 Å². The van der Waals surface area contributed by atoms with Gasteiger partial charge in [-0.2, -0.15) is 0 Å². The van der Waals surface area contributed by atoms with Gasteiger partial charge in [0.1, 0.15) is 5.82 Å². The number of urea groups is 1. The van der Waals surface area contributed by atoms with Crippen LogP contribution in [0.4, 0.5) is 9.18 Å². The number of carbonyl (C=O) groups excluding carboxylic acids is 2. The Morgan fingerprint density at radius 3 is 2.46 bits per heavy atom. The lowest BCUT2D eigenvalue weighted by atomic mass is 9.88. The van der Waals surface area contributed by atoms with Gasteiger partial charge in [0.2, 0.25) is 5.91 Å². The summed E-state index contributed by atoms with van der Waals surface area (Å²) in [4.78, 5) is 25.6. The van der Waals surface area contributed by atoms with Crippen LogP contribution >= 0.6 is 0 Å². The largest absolute Gasteiger partial charge is 0.354 e. The Hall–Kier alpha value is -2.89. The van der Waals surface area contributed by atoms with Crippen molar-refractivity contribution in [3.8, 4) is 0 Å². The summed E-state index contributed by atoms with van der Waals surface area (Å²) in [5.74, 6) is -0.538. The second-order valence-electron chi connectivity index (χ2n) is 6.29. The maximum absolute atomic E-state index is 13.2. The fraction of sp³-hybridized carbons (Fsp3) is 0.300. The van der Waals surface area contributed by atoms with Gasteiger partial charge in [0.05, 0.1) is 0 Å². The van der Waals surface area contributed by atoms with Crippen LogP contribution in [-0.2, 0) is 4.79 Å². The average molecular weight is 355 g/mol. The fourth-order valence-corrected chi connectivity index (χ4v) is 3.12. The molecule has 1 heterocycles. The van der Waals surface area contributed by atoms with Crippen LogP contribution in [-0.4, -0.2) is 43.0 Å². The van der Waals surface area contributed by atoms with Crippen LogP contribution in [0.15, 0.2) is 54.6 Å². The van der Waals surface area contributed by atoms with Crippen LogP contribution in [0.2, 0.25) is 0 Å². The van der Waals surface area contributed by atoms with Crippen LogP contribution in [0.5, 0.6) is 0 Å². The molecule has 3 rings (SSSR count). The Morgan fingerprint density at radius 1 is 1.12 bits per heavy atom. The van der Waals surface area contributed by atoms with Crippen molar-refractivity contribution >= 4 is 11.9 Å². The zero-order valence-electron chi connectivity index (χ0n) is 14.5. The zero-order chi connectivity index (χ0) is 18.4. The lowest BCUT2D eigenvalue weighted by Gasteiger charge is -2.19. The third-order valence-corrected chi connectivity index (χ3v) is 4.51. The van der Waals surface area contributed by atoms with Crippen molar-refractivity contribution in [2.75, 3.05) is 26.2 Å². The van der Waals surface area contributed by atoms with E-state index in [0.717, 1.165) is 11.1 Å². The summed E-state index contributed by atoms with van der Waals surface area (Å²) < 4.78 is 13.2. The van der Waals surface area contributed by atoms with Crippen molar-refractivity contribution in [2.24, 2.45) is 0 Å². The van der Waals surface area contributed by atoms with Crippen LogP contribution in [0, 0.1) is 5.82 Å². The first-order chi connectivity index (χ1) is 12.6. The molecule has 2 N–H and O–H groups in total. The quantitative estimate of drug-likeness (QED) is 0.802. The first-order valence-corrected chi connectivity index (χ1v) is 8.73. The molecule has 0 saturated carbocycles. The molecule has 1 saturated heterocycles. The minimum absolute atomic E-state index is 0.0901. The molecule has 6 heteroatoms. The second-order valence-corrected chi connectivity index (χ2v) is 6.29. The van der Waals surface area contributed by atoms with E-state index in [2.05, 4.69) is 10.6 Å². The second kappa shape index (κ2) is 8.47. The van der Waals surface area contributed by atoms with Crippen molar-refractivity contribution in [1.82, 2.24) is 15.5 Å². The highest BCUT2D eigenvalue weighted by atomic mass is 19.1. The molecular weight excluding hydrogens is 333 g/mol. The molecule has 5 nitrogen and oxygen atoms in total. The Kier molecular flexibility index (Phi) is 5.84. The van der Waals surface area contributed by atoms with E-state index in [0.29, 0.717) is 26.2 Å². The third kappa shape index (κ3) is 4.59. The van der Waals surface area contributed by atoms with Gasteiger partial charge in [-0.05, 0) is 23.3 Å². The molecule has 1 aliphatic rings. The molecule has 2 aromatic rings. The summed E-state index contributed by atoms with van der Waals surface area (Å²) >= 11 is 0. The van der Waals surface area contributed by atoms with Crippen molar-refractivity contribution in [3.63, 3.8) is 0 Å². The number of nitrogens with one attached hydrogen (secondary N) is 2. The number of hydrogen-bond acceptors (Lipinski definition) is 2. The Balaban J connectivity index is 1.62. The number of halogens is 1. The van der Waals surface area contributed by atoms with Crippen molar-refractivity contribution in [3.05, 3.63) is 71.5 Å². The standard InChI is InChI=1S/C20H22FN3O2/c21-17-8-6-16(7-9-17)18(15-4-2-1-3-5-15)14-19(25)22-10-12-24-13-11-23-20(24)26/h1-9,18H,10-14H2,(H,22,25)(H,23,26)/t18-/m0/s1. The lowest BCUT2D eigenvalue weighted by Crippen LogP contribution is -2.37. The highest BCUT2D eigenvalue weighted by molar-refractivity contribution is 5.78. The van der Waals surface area contributed by atoms with Crippen molar-refractivity contribution in [2.45, 2.75) is 12.3 Å². The van der Waals surface area contributed by atoms with E-state index < -0.39 is 0 Å². The molecule has 0 aliphatic carbocycles. The van der Waals surface area contributed by atoms with Gasteiger partial charge in [0.25, 0.3) is 0 Å². The highest BCUT2D eigenvalue weighted by Gasteiger charge is 2.20. The third-order valence-electron chi connectivity index (χ3n) is 4.51. The summed E-state index contributed by atoms with van der Waals surface area (Å²) in [6.45, 7) is 2.21. The molecule has 2 aromatic carbocycles. The molecule has 3 amide bonds. The molecule has 1 atom stereocenters. The number of amides is 3. The molecule has 26 heavy (non-hydrogen) atoms. The van der Waals surface area contributed by atoms with E-state index in [1.807, 2.05) is 30.3 Å². The zero-order valence-corrected chi connectivity index (χ0v) is 14.5. The molecule has 1 fully saturated rings. The monoisotopic (exact) mass is 355 g/mol. The first kappa shape index (κ1) is 17.9. The Bertz CT molecular complexity index is 749. The number of carbonyl (C=O) groups is 2. The fourth-order valence-electron chi connectivity index (χ4n) is 3.12. The van der Waals surface area contributed by atoms with Crippen molar-refractivity contribution < 1.29 is 14.0 Å². The number of benzene rings is 2. The summed E-state index contributed by atoms with van der Waals surface area (Å²) in [6, 6.07) is 15.9. The Morgan fingerprint density at radius 2 is 1.81 bits per heavy atom. The van der Waals surface area contributed by atoms with Crippen LogP contribution in [0.25, 0.3) is 0 Å². The van der Waals surface area contributed by atoms with E-state index in [1.165, 1.54) is 12.1 Å². The number of nitrogens with zero attached hydrogens (tertiary/aromatic N) is 1.